The minimum Gasteiger partial charge on any atom is -0.464 e. The highest BCUT2D eigenvalue weighted by Crippen LogP contribution is 2.41. The molecule has 0 spiro atoms. The van der Waals surface area contributed by atoms with Gasteiger partial charge in [0.2, 0.25) is 5.91 Å². The lowest BCUT2D eigenvalue weighted by Gasteiger charge is -2.25. The van der Waals surface area contributed by atoms with Crippen LogP contribution in [-0.2, 0) is 4.79 Å². The highest BCUT2D eigenvalue weighted by atomic mass is 79.9. The molecule has 1 saturated carbocycles. The van der Waals surface area contributed by atoms with E-state index < -0.39 is 0 Å². The van der Waals surface area contributed by atoms with Gasteiger partial charge in [-0.3, -0.25) is 4.79 Å². The Morgan fingerprint density at radius 2 is 1.81 bits per heavy atom. The third-order valence-corrected chi connectivity index (χ3v) is 6.20. The fraction of sp³-hybridized carbons (Fsp3) is 0.318. The van der Waals surface area contributed by atoms with Crippen molar-refractivity contribution in [3.05, 3.63) is 60.4 Å². The zero-order valence-corrected chi connectivity index (χ0v) is 16.0. The number of rotatable bonds is 3. The number of carbonyl (C=O) groups is 1. The van der Waals surface area contributed by atoms with Crippen LogP contribution in [0.4, 0.5) is 0 Å². The molecular weight excluding hydrogens is 390 g/mol. The Labute approximate surface area is 161 Å². The molecule has 1 saturated heterocycles. The number of benzene rings is 2. The second kappa shape index (κ2) is 6.27. The third-order valence-electron chi connectivity index (χ3n) is 5.54. The first-order valence-corrected chi connectivity index (χ1v) is 10.1. The van der Waals surface area contributed by atoms with E-state index in [0.717, 1.165) is 36.8 Å². The van der Waals surface area contributed by atoms with Crippen molar-refractivity contribution in [3.63, 3.8) is 0 Å². The van der Waals surface area contributed by atoms with Crippen molar-refractivity contribution in [3.8, 4) is 11.1 Å². The molecule has 2 heterocycles. The van der Waals surface area contributed by atoms with Gasteiger partial charge in [0.05, 0.1) is 12.3 Å². The molecule has 3 aromatic rings. The summed E-state index contributed by atoms with van der Waals surface area (Å²) < 4.78 is 5.42. The molecule has 2 atom stereocenters. The molecule has 0 bridgehead atoms. The molecular formula is C22H20BrNO2. The van der Waals surface area contributed by atoms with E-state index in [2.05, 4.69) is 57.2 Å². The molecule has 26 heavy (non-hydrogen) atoms. The number of halogens is 1. The predicted molar refractivity (Wildman–Crippen MR) is 106 cm³/mol. The minimum absolute atomic E-state index is 0.192. The van der Waals surface area contributed by atoms with Crippen molar-refractivity contribution < 1.29 is 9.21 Å². The Balaban J connectivity index is 1.42. The maximum Gasteiger partial charge on any atom is 0.226 e. The molecule has 132 valence electrons. The lowest BCUT2D eigenvalue weighted by Crippen LogP contribution is -2.32. The smallest absolute Gasteiger partial charge is 0.226 e. The summed E-state index contributed by atoms with van der Waals surface area (Å²) in [5.74, 6) is 0.614. The molecule has 1 aromatic heterocycles. The van der Waals surface area contributed by atoms with Crippen LogP contribution in [0.2, 0.25) is 0 Å². The number of alkyl halides is 1. The van der Waals surface area contributed by atoms with Gasteiger partial charge in [0.25, 0.3) is 0 Å². The fourth-order valence-corrected chi connectivity index (χ4v) is 4.62. The van der Waals surface area contributed by atoms with Crippen molar-refractivity contribution >= 4 is 32.8 Å². The molecule has 2 aromatic carbocycles. The first-order chi connectivity index (χ1) is 12.7. The Morgan fingerprint density at radius 1 is 1.04 bits per heavy atom. The standard InChI is InChI=1S/C22H20BrNO2/c23-19-12-20(24(13-19)22(25)16-5-6-16)15-3-1-14(2-4-15)17-7-8-21-18(11-17)9-10-26-21/h1-4,7-11,16,19-20H,5-6,12-13H2. The summed E-state index contributed by atoms with van der Waals surface area (Å²) in [6, 6.07) is 17.1. The molecule has 0 N–H and O–H groups in total. The zero-order valence-electron chi connectivity index (χ0n) is 14.4. The van der Waals surface area contributed by atoms with E-state index in [1.54, 1.807) is 6.26 Å². The van der Waals surface area contributed by atoms with Gasteiger partial charge in [-0.15, -0.1) is 0 Å². The molecule has 2 aliphatic rings. The van der Waals surface area contributed by atoms with Gasteiger partial charge in [0, 0.05) is 22.7 Å². The molecule has 2 unspecified atom stereocenters. The lowest BCUT2D eigenvalue weighted by atomic mass is 9.98. The molecule has 4 heteroatoms. The van der Waals surface area contributed by atoms with Gasteiger partial charge in [-0.2, -0.15) is 0 Å². The average molecular weight is 410 g/mol. The topological polar surface area (TPSA) is 33.5 Å². The Bertz CT molecular complexity index is 958. The van der Waals surface area contributed by atoms with Crippen LogP contribution in [0.15, 0.2) is 59.2 Å². The maximum atomic E-state index is 12.6. The summed E-state index contributed by atoms with van der Waals surface area (Å²) in [4.78, 5) is 15.1. The average Bonchev–Trinajstić information content (AvgIpc) is 3.28. The normalized spacial score (nSPS) is 22.9. The van der Waals surface area contributed by atoms with E-state index in [1.165, 1.54) is 16.7 Å². The maximum absolute atomic E-state index is 12.6. The van der Waals surface area contributed by atoms with Crippen LogP contribution in [0.1, 0.15) is 30.9 Å². The Kier molecular flexibility index (Phi) is 3.89. The summed E-state index contributed by atoms with van der Waals surface area (Å²) in [5, 5.41) is 1.12. The summed E-state index contributed by atoms with van der Waals surface area (Å²) in [7, 11) is 0. The number of hydrogen-bond acceptors (Lipinski definition) is 2. The van der Waals surface area contributed by atoms with E-state index in [0.29, 0.717) is 10.7 Å². The number of carbonyl (C=O) groups excluding carboxylic acids is 1. The molecule has 1 aliphatic carbocycles. The number of nitrogens with zero attached hydrogens (tertiary/aromatic N) is 1. The summed E-state index contributed by atoms with van der Waals surface area (Å²) in [6.07, 6.45) is 4.83. The summed E-state index contributed by atoms with van der Waals surface area (Å²) in [6.45, 7) is 0.818. The van der Waals surface area contributed by atoms with E-state index >= 15 is 0 Å². The number of likely N-dealkylation sites (tertiary alicyclic amines) is 1. The zero-order chi connectivity index (χ0) is 17.7. The Hall–Kier alpha value is -2.07. The predicted octanol–water partition coefficient (Wildman–Crippen LogP) is 5.55. The highest BCUT2D eigenvalue weighted by molar-refractivity contribution is 9.09. The van der Waals surface area contributed by atoms with Crippen LogP contribution in [0.25, 0.3) is 22.1 Å². The SMILES string of the molecule is O=C(C1CC1)N1CC(Br)CC1c1ccc(-c2ccc3occc3c2)cc1. The summed E-state index contributed by atoms with van der Waals surface area (Å²) in [5.41, 5.74) is 4.51. The van der Waals surface area contributed by atoms with Gasteiger partial charge in [0.1, 0.15) is 5.58 Å². The Morgan fingerprint density at radius 3 is 2.58 bits per heavy atom. The van der Waals surface area contributed by atoms with Gasteiger partial charge >= 0.3 is 0 Å². The van der Waals surface area contributed by atoms with Crippen LogP contribution in [0.3, 0.4) is 0 Å². The number of furan rings is 1. The van der Waals surface area contributed by atoms with E-state index in [4.69, 9.17) is 4.42 Å². The molecule has 2 fully saturated rings. The van der Waals surface area contributed by atoms with Crippen molar-refractivity contribution in [2.75, 3.05) is 6.54 Å². The second-order valence-corrected chi connectivity index (χ2v) is 8.70. The van der Waals surface area contributed by atoms with Crippen molar-refractivity contribution in [1.82, 2.24) is 4.90 Å². The van der Waals surface area contributed by atoms with Crippen molar-refractivity contribution in [1.29, 1.82) is 0 Å². The molecule has 1 aliphatic heterocycles. The molecule has 5 rings (SSSR count). The van der Waals surface area contributed by atoms with E-state index in [-0.39, 0.29) is 12.0 Å². The molecule has 3 nitrogen and oxygen atoms in total. The number of fused-ring (bicyclic) bond motifs is 1. The minimum atomic E-state index is 0.192. The van der Waals surface area contributed by atoms with Gasteiger partial charge < -0.3 is 9.32 Å². The van der Waals surface area contributed by atoms with Crippen LogP contribution in [0, 0.1) is 5.92 Å². The first kappa shape index (κ1) is 16.1. The fourth-order valence-electron chi connectivity index (χ4n) is 3.95. The van der Waals surface area contributed by atoms with Crippen molar-refractivity contribution in [2.45, 2.75) is 30.1 Å². The van der Waals surface area contributed by atoms with Gasteiger partial charge in [-0.25, -0.2) is 0 Å². The van der Waals surface area contributed by atoms with E-state index in [9.17, 15) is 4.79 Å². The molecule has 1 amide bonds. The van der Waals surface area contributed by atoms with Crippen molar-refractivity contribution in [2.24, 2.45) is 5.92 Å². The quantitative estimate of drug-likeness (QED) is 0.531. The monoisotopic (exact) mass is 409 g/mol. The van der Waals surface area contributed by atoms with Crippen LogP contribution in [0.5, 0.6) is 0 Å². The highest BCUT2D eigenvalue weighted by Gasteiger charge is 2.41. The first-order valence-electron chi connectivity index (χ1n) is 9.21. The number of amides is 1. The van der Waals surface area contributed by atoms with E-state index in [1.807, 2.05) is 12.1 Å². The van der Waals surface area contributed by atoms with Gasteiger partial charge in [-0.1, -0.05) is 46.3 Å². The van der Waals surface area contributed by atoms with Crippen LogP contribution >= 0.6 is 15.9 Å². The molecule has 0 radical (unpaired) electrons. The largest absolute Gasteiger partial charge is 0.464 e. The van der Waals surface area contributed by atoms with Crippen LogP contribution in [-0.4, -0.2) is 22.2 Å². The van der Waals surface area contributed by atoms with Gasteiger partial charge in [-0.05, 0) is 54.2 Å². The summed E-state index contributed by atoms with van der Waals surface area (Å²) >= 11 is 3.72. The second-order valence-electron chi connectivity index (χ2n) is 7.41. The van der Waals surface area contributed by atoms with Crippen LogP contribution < -0.4 is 0 Å². The lowest BCUT2D eigenvalue weighted by molar-refractivity contribution is -0.133. The van der Waals surface area contributed by atoms with Gasteiger partial charge in [0.15, 0.2) is 0 Å². The third kappa shape index (κ3) is 2.86. The number of hydrogen-bond donors (Lipinski definition) is 0.